The van der Waals surface area contributed by atoms with Crippen LogP contribution in [0.2, 0.25) is 0 Å². The van der Waals surface area contributed by atoms with Crippen molar-refractivity contribution >= 4 is 17.9 Å². The summed E-state index contributed by atoms with van der Waals surface area (Å²) in [5, 5.41) is 11.5. The highest BCUT2D eigenvalue weighted by atomic mass is 16.6. The minimum Gasteiger partial charge on any atom is -0.544 e. The zero-order chi connectivity index (χ0) is 34.3. The topological polar surface area (TPSA) is 102 Å². The predicted molar refractivity (Wildman–Crippen MR) is 185 cm³/mol. The number of carbonyl (C=O) groups is 3. The van der Waals surface area contributed by atoms with Crippen LogP contribution in [0.15, 0.2) is 97.2 Å². The molecule has 256 valence electrons. The minimum atomic E-state index is -1.15. The largest absolute Gasteiger partial charge is 0.544 e. The molecule has 0 saturated carbocycles. The SMILES string of the molecule is CC/C=C/C=C/C=C/C=C/C=C/CCCC(=O)OC(COCCC(C(=O)[O-])[N+](C)(C)C)COC(=O)C/C=C/C/C=C/C/C=C/CC. The number of ether oxygens (including phenoxy) is 3. The van der Waals surface area contributed by atoms with Gasteiger partial charge in [0.15, 0.2) is 6.10 Å². The molecule has 0 aromatic carbocycles. The van der Waals surface area contributed by atoms with Gasteiger partial charge in [-0.25, -0.2) is 0 Å². The number of allylic oxidation sites excluding steroid dienone is 15. The second kappa shape index (κ2) is 28.7. The lowest BCUT2D eigenvalue weighted by molar-refractivity contribution is -0.889. The molecule has 0 radical (unpaired) electrons. The third kappa shape index (κ3) is 26.6. The maximum absolute atomic E-state index is 12.5. The van der Waals surface area contributed by atoms with E-state index in [1.807, 2.05) is 66.8 Å². The lowest BCUT2D eigenvalue weighted by Gasteiger charge is -2.34. The van der Waals surface area contributed by atoms with Crippen LogP contribution in [0.1, 0.15) is 71.6 Å². The van der Waals surface area contributed by atoms with E-state index in [0.717, 1.165) is 25.7 Å². The van der Waals surface area contributed by atoms with Crippen molar-refractivity contribution in [2.75, 3.05) is 41.0 Å². The summed E-state index contributed by atoms with van der Waals surface area (Å²) in [6, 6.07) is -0.753. The number of rotatable bonds is 26. The van der Waals surface area contributed by atoms with Crippen molar-refractivity contribution < 1.29 is 38.2 Å². The van der Waals surface area contributed by atoms with Gasteiger partial charge in [-0.2, -0.15) is 0 Å². The van der Waals surface area contributed by atoms with Crippen LogP contribution >= 0.6 is 0 Å². The van der Waals surface area contributed by atoms with Gasteiger partial charge in [0.05, 0.1) is 46.7 Å². The second-order valence-electron chi connectivity index (χ2n) is 11.4. The normalized spacial score (nSPS) is 14.4. The van der Waals surface area contributed by atoms with E-state index in [2.05, 4.69) is 38.2 Å². The van der Waals surface area contributed by atoms with E-state index < -0.39 is 30.1 Å². The number of carboxylic acids is 1. The van der Waals surface area contributed by atoms with Gasteiger partial charge >= 0.3 is 11.9 Å². The van der Waals surface area contributed by atoms with Crippen LogP contribution < -0.4 is 5.11 Å². The number of esters is 2. The van der Waals surface area contributed by atoms with Gasteiger partial charge in [-0.1, -0.05) is 111 Å². The highest BCUT2D eigenvalue weighted by Gasteiger charge is 2.25. The Hall–Kier alpha value is -3.75. The summed E-state index contributed by atoms with van der Waals surface area (Å²) in [5.74, 6) is -2.01. The van der Waals surface area contributed by atoms with Crippen LogP contribution in [0.25, 0.3) is 0 Å². The lowest BCUT2D eigenvalue weighted by atomic mass is 10.1. The van der Waals surface area contributed by atoms with Crippen molar-refractivity contribution in [2.24, 2.45) is 0 Å². The molecular weight excluding hydrogens is 582 g/mol. The fraction of sp³-hybridized carbons (Fsp3) is 0.500. The molecule has 0 aliphatic carbocycles. The molecule has 0 aromatic rings. The first-order chi connectivity index (χ1) is 22.1. The Labute approximate surface area is 277 Å². The first-order valence-electron chi connectivity index (χ1n) is 16.3. The first kappa shape index (κ1) is 42.2. The van der Waals surface area contributed by atoms with Crippen molar-refractivity contribution in [3.63, 3.8) is 0 Å². The fourth-order valence-corrected chi connectivity index (χ4v) is 3.86. The van der Waals surface area contributed by atoms with Crippen molar-refractivity contribution in [1.29, 1.82) is 0 Å². The van der Waals surface area contributed by atoms with Gasteiger partial charge in [0.1, 0.15) is 12.6 Å². The molecular formula is C38H57NO7. The molecule has 0 N–H and O–H groups in total. The molecule has 0 rings (SSSR count). The van der Waals surface area contributed by atoms with E-state index in [-0.39, 0.29) is 43.6 Å². The minimum absolute atomic E-state index is 0.0225. The third-order valence-corrected chi connectivity index (χ3v) is 6.38. The summed E-state index contributed by atoms with van der Waals surface area (Å²) in [5.41, 5.74) is 0. The standard InChI is InChI=1S/C38H57NO7/c1-6-8-10-12-14-16-17-18-19-21-23-25-27-29-37(41)46-34(32-44-31-30-35(38(42)43)39(3,4)5)33-45-36(40)28-26-24-22-20-15-13-11-9-7-2/h8-12,14-21,23-24,26,34-35H,6-7,13,22,25,27-33H2,1-5H3/b10-8+,11-9+,14-12+,17-16+,19-18+,20-15+,23-21+,26-24+. The number of hydrogen-bond donors (Lipinski definition) is 0. The molecule has 8 heteroatoms. The molecule has 0 amide bonds. The first-order valence-corrected chi connectivity index (χ1v) is 16.3. The molecule has 0 aliphatic rings. The molecule has 2 atom stereocenters. The Balaban J connectivity index is 4.78. The Morgan fingerprint density at radius 1 is 0.696 bits per heavy atom. The molecule has 0 heterocycles. The highest BCUT2D eigenvalue weighted by molar-refractivity contribution is 5.71. The highest BCUT2D eigenvalue weighted by Crippen LogP contribution is 2.09. The summed E-state index contributed by atoms with van der Waals surface area (Å²) < 4.78 is 16.8. The average molecular weight is 640 g/mol. The maximum atomic E-state index is 12.5. The van der Waals surface area contributed by atoms with Gasteiger partial charge in [-0.3, -0.25) is 9.59 Å². The number of likely N-dealkylation sites (N-methyl/N-ethyl adjacent to an activating group) is 1. The predicted octanol–water partition coefficient (Wildman–Crippen LogP) is 6.28. The lowest BCUT2D eigenvalue weighted by Crippen LogP contribution is -2.55. The van der Waals surface area contributed by atoms with Gasteiger partial charge in [0, 0.05) is 12.8 Å². The van der Waals surface area contributed by atoms with Crippen molar-refractivity contribution in [3.8, 4) is 0 Å². The van der Waals surface area contributed by atoms with E-state index in [1.165, 1.54) is 0 Å². The van der Waals surface area contributed by atoms with Gasteiger partial charge in [-0.05, 0) is 38.5 Å². The smallest absolute Gasteiger partial charge is 0.309 e. The molecule has 8 nitrogen and oxygen atoms in total. The fourth-order valence-electron chi connectivity index (χ4n) is 3.86. The third-order valence-electron chi connectivity index (χ3n) is 6.38. The zero-order valence-electron chi connectivity index (χ0n) is 28.7. The van der Waals surface area contributed by atoms with E-state index in [1.54, 1.807) is 27.2 Å². The number of nitrogens with zero attached hydrogens (tertiary/aromatic N) is 1. The molecule has 0 spiro atoms. The van der Waals surface area contributed by atoms with Gasteiger partial charge in [0.2, 0.25) is 0 Å². The number of hydrogen-bond acceptors (Lipinski definition) is 7. The monoisotopic (exact) mass is 639 g/mol. The van der Waals surface area contributed by atoms with Crippen LogP contribution in [-0.4, -0.2) is 75.5 Å². The number of aliphatic carboxylic acids is 1. The molecule has 2 unspecified atom stereocenters. The molecule has 0 aliphatic heterocycles. The van der Waals surface area contributed by atoms with Crippen LogP contribution in [0.4, 0.5) is 0 Å². The molecule has 0 saturated heterocycles. The summed E-state index contributed by atoms with van der Waals surface area (Å²) in [6.45, 7) is 4.14. The number of carboxylic acid groups (broad SMARTS) is 1. The van der Waals surface area contributed by atoms with E-state index in [4.69, 9.17) is 14.2 Å². The van der Waals surface area contributed by atoms with E-state index >= 15 is 0 Å². The Kier molecular flexibility index (Phi) is 26.4. The molecule has 0 bridgehead atoms. The zero-order valence-corrected chi connectivity index (χ0v) is 28.7. The van der Waals surface area contributed by atoms with E-state index in [0.29, 0.717) is 12.8 Å². The van der Waals surface area contributed by atoms with Crippen LogP contribution in [0.5, 0.6) is 0 Å². The molecule has 0 aromatic heterocycles. The summed E-state index contributed by atoms with van der Waals surface area (Å²) in [4.78, 5) is 36.3. The Bertz CT molecular complexity index is 1070. The summed E-state index contributed by atoms with van der Waals surface area (Å²) in [7, 11) is 5.32. The Morgan fingerprint density at radius 2 is 1.26 bits per heavy atom. The van der Waals surface area contributed by atoms with E-state index in [9.17, 15) is 19.5 Å². The van der Waals surface area contributed by atoms with Crippen LogP contribution in [-0.2, 0) is 28.6 Å². The quantitative estimate of drug-likeness (QED) is 0.0361. The van der Waals surface area contributed by atoms with Crippen LogP contribution in [0.3, 0.4) is 0 Å². The van der Waals surface area contributed by atoms with Crippen molar-refractivity contribution in [1.82, 2.24) is 0 Å². The number of unbranched alkanes of at least 4 members (excludes halogenated alkanes) is 1. The van der Waals surface area contributed by atoms with Crippen molar-refractivity contribution in [2.45, 2.75) is 83.8 Å². The van der Waals surface area contributed by atoms with Gasteiger partial charge in [0.25, 0.3) is 0 Å². The summed E-state index contributed by atoms with van der Waals surface area (Å²) >= 11 is 0. The number of carbonyl (C=O) groups excluding carboxylic acids is 3. The molecule has 46 heavy (non-hydrogen) atoms. The summed E-state index contributed by atoms with van der Waals surface area (Å²) in [6.07, 6.45) is 36.4. The second-order valence-corrected chi connectivity index (χ2v) is 11.4. The van der Waals surface area contributed by atoms with Gasteiger partial charge in [-0.15, -0.1) is 0 Å². The van der Waals surface area contributed by atoms with Crippen molar-refractivity contribution in [3.05, 3.63) is 97.2 Å². The van der Waals surface area contributed by atoms with Crippen LogP contribution in [0, 0.1) is 0 Å². The number of quaternary nitrogens is 1. The molecule has 0 fully saturated rings. The van der Waals surface area contributed by atoms with Gasteiger partial charge < -0.3 is 28.6 Å². The average Bonchev–Trinajstić information content (AvgIpc) is 3.00. The Morgan fingerprint density at radius 3 is 1.85 bits per heavy atom. The maximum Gasteiger partial charge on any atom is 0.309 e.